The Balaban J connectivity index is 1.75. The summed E-state index contributed by atoms with van der Waals surface area (Å²) < 4.78 is 0. The van der Waals surface area contributed by atoms with Gasteiger partial charge >= 0.3 is 5.97 Å². The minimum absolute atomic E-state index is 0.0682. The van der Waals surface area contributed by atoms with Gasteiger partial charge in [-0.3, -0.25) is 9.59 Å². The summed E-state index contributed by atoms with van der Waals surface area (Å²) in [6.07, 6.45) is 3.89. The topological polar surface area (TPSA) is 69.6 Å². The summed E-state index contributed by atoms with van der Waals surface area (Å²) in [5, 5.41) is 12.1. The van der Waals surface area contributed by atoms with Crippen LogP contribution in [-0.4, -0.2) is 47.6 Å². The molecule has 0 aromatic rings. The third-order valence-electron chi connectivity index (χ3n) is 4.53. The van der Waals surface area contributed by atoms with E-state index < -0.39 is 5.97 Å². The summed E-state index contributed by atoms with van der Waals surface area (Å²) in [4.78, 5) is 25.4. The fourth-order valence-electron chi connectivity index (χ4n) is 3.16. The van der Waals surface area contributed by atoms with Gasteiger partial charge in [-0.2, -0.15) is 0 Å². The summed E-state index contributed by atoms with van der Waals surface area (Å²) in [5.74, 6) is -1.10. The number of carbonyl (C=O) groups is 2. The molecule has 2 fully saturated rings. The lowest BCUT2D eigenvalue weighted by Crippen LogP contribution is -2.46. The van der Waals surface area contributed by atoms with Crippen LogP contribution >= 0.6 is 0 Å². The fourth-order valence-corrected chi connectivity index (χ4v) is 3.16. The van der Waals surface area contributed by atoms with Crippen LogP contribution in [0.25, 0.3) is 0 Å². The Hall–Kier alpha value is -1.10. The first-order valence-corrected chi connectivity index (χ1v) is 7.35. The van der Waals surface area contributed by atoms with Crippen LogP contribution in [0.3, 0.4) is 0 Å². The van der Waals surface area contributed by atoms with E-state index >= 15 is 0 Å². The van der Waals surface area contributed by atoms with Crippen molar-refractivity contribution in [2.75, 3.05) is 19.6 Å². The molecule has 2 N–H and O–H groups in total. The highest BCUT2D eigenvalue weighted by molar-refractivity contribution is 5.81. The summed E-state index contributed by atoms with van der Waals surface area (Å²) in [7, 11) is 0. The minimum Gasteiger partial charge on any atom is -0.481 e. The molecule has 1 aliphatic heterocycles. The molecule has 2 rings (SSSR count). The van der Waals surface area contributed by atoms with Crippen molar-refractivity contribution in [1.82, 2.24) is 10.2 Å². The van der Waals surface area contributed by atoms with E-state index in [0.29, 0.717) is 12.8 Å². The van der Waals surface area contributed by atoms with Crippen LogP contribution in [0.5, 0.6) is 0 Å². The Bertz CT molecular complexity index is 338. The minimum atomic E-state index is -0.758. The van der Waals surface area contributed by atoms with E-state index in [1.165, 1.54) is 0 Å². The standard InChI is InChI=1S/C14H24N2O3/c1-2-16-7-5-12(6-8-16)15-13(17)10-3-4-11(9-10)14(18)19/h10-12H,2-9H2,1H3,(H,15,17)(H,18,19). The zero-order valence-electron chi connectivity index (χ0n) is 11.6. The summed E-state index contributed by atoms with van der Waals surface area (Å²) in [6, 6.07) is 0.277. The molecule has 19 heavy (non-hydrogen) atoms. The molecule has 0 aromatic carbocycles. The molecule has 2 aliphatic rings. The second-order valence-electron chi connectivity index (χ2n) is 5.76. The molecule has 108 valence electrons. The molecule has 1 saturated heterocycles. The number of hydrogen-bond acceptors (Lipinski definition) is 3. The molecule has 5 heteroatoms. The van der Waals surface area contributed by atoms with Crippen molar-refractivity contribution < 1.29 is 14.7 Å². The third-order valence-corrected chi connectivity index (χ3v) is 4.53. The molecule has 1 saturated carbocycles. The number of carbonyl (C=O) groups excluding carboxylic acids is 1. The van der Waals surface area contributed by atoms with Crippen molar-refractivity contribution >= 4 is 11.9 Å². The number of nitrogens with one attached hydrogen (secondary N) is 1. The molecule has 0 radical (unpaired) electrons. The van der Waals surface area contributed by atoms with Gasteiger partial charge < -0.3 is 15.3 Å². The lowest BCUT2D eigenvalue weighted by molar-refractivity contribution is -0.141. The van der Waals surface area contributed by atoms with E-state index in [1.807, 2.05) is 0 Å². The van der Waals surface area contributed by atoms with Gasteiger partial charge in [-0.05, 0) is 38.6 Å². The van der Waals surface area contributed by atoms with Crippen LogP contribution in [0, 0.1) is 11.8 Å². The van der Waals surface area contributed by atoms with E-state index in [0.717, 1.165) is 38.9 Å². The van der Waals surface area contributed by atoms with E-state index in [1.54, 1.807) is 0 Å². The zero-order chi connectivity index (χ0) is 13.8. The maximum Gasteiger partial charge on any atom is 0.306 e. The molecule has 2 unspecified atom stereocenters. The molecule has 0 bridgehead atoms. The average Bonchev–Trinajstić information content (AvgIpc) is 2.89. The molecule has 2 atom stereocenters. The van der Waals surface area contributed by atoms with E-state index in [2.05, 4.69) is 17.1 Å². The molecular formula is C14H24N2O3. The second kappa shape index (κ2) is 6.37. The summed E-state index contributed by atoms with van der Waals surface area (Å²) in [6.45, 7) is 5.32. The van der Waals surface area contributed by atoms with Gasteiger partial charge in [0.1, 0.15) is 0 Å². The van der Waals surface area contributed by atoms with Gasteiger partial charge in [0.25, 0.3) is 0 Å². The van der Waals surface area contributed by atoms with Crippen molar-refractivity contribution in [3.05, 3.63) is 0 Å². The Morgan fingerprint density at radius 3 is 2.32 bits per heavy atom. The zero-order valence-corrected chi connectivity index (χ0v) is 11.6. The van der Waals surface area contributed by atoms with Crippen LogP contribution < -0.4 is 5.32 Å². The number of aliphatic carboxylic acids is 1. The molecule has 5 nitrogen and oxygen atoms in total. The maximum absolute atomic E-state index is 12.1. The van der Waals surface area contributed by atoms with Gasteiger partial charge in [-0.1, -0.05) is 6.92 Å². The van der Waals surface area contributed by atoms with Gasteiger partial charge in [0, 0.05) is 25.0 Å². The average molecular weight is 268 g/mol. The molecule has 1 amide bonds. The van der Waals surface area contributed by atoms with Crippen molar-refractivity contribution in [2.24, 2.45) is 11.8 Å². The van der Waals surface area contributed by atoms with Crippen molar-refractivity contribution in [3.8, 4) is 0 Å². The highest BCUT2D eigenvalue weighted by Crippen LogP contribution is 2.31. The number of nitrogens with zero attached hydrogens (tertiary/aromatic N) is 1. The van der Waals surface area contributed by atoms with Crippen LogP contribution in [0.4, 0.5) is 0 Å². The molecular weight excluding hydrogens is 244 g/mol. The van der Waals surface area contributed by atoms with Crippen LogP contribution in [-0.2, 0) is 9.59 Å². The summed E-state index contributed by atoms with van der Waals surface area (Å²) in [5.41, 5.74) is 0. The fraction of sp³-hybridized carbons (Fsp3) is 0.857. The van der Waals surface area contributed by atoms with Gasteiger partial charge in [-0.15, -0.1) is 0 Å². The predicted molar refractivity (Wildman–Crippen MR) is 71.7 cm³/mol. The maximum atomic E-state index is 12.1. The number of rotatable bonds is 4. The van der Waals surface area contributed by atoms with Crippen LogP contribution in [0.2, 0.25) is 0 Å². The first kappa shape index (κ1) is 14.3. The lowest BCUT2D eigenvalue weighted by Gasteiger charge is -2.32. The largest absolute Gasteiger partial charge is 0.481 e. The van der Waals surface area contributed by atoms with E-state index in [4.69, 9.17) is 5.11 Å². The third kappa shape index (κ3) is 3.69. The predicted octanol–water partition coefficient (Wildman–Crippen LogP) is 1.09. The lowest BCUT2D eigenvalue weighted by atomic mass is 10.0. The number of hydrogen-bond donors (Lipinski definition) is 2. The Labute approximate surface area is 114 Å². The molecule has 1 aliphatic carbocycles. The molecule has 0 aromatic heterocycles. The number of amides is 1. The quantitative estimate of drug-likeness (QED) is 0.800. The van der Waals surface area contributed by atoms with Gasteiger partial charge in [0.15, 0.2) is 0 Å². The first-order valence-electron chi connectivity index (χ1n) is 7.35. The Morgan fingerprint density at radius 1 is 1.16 bits per heavy atom. The molecule has 0 spiro atoms. The van der Waals surface area contributed by atoms with Crippen molar-refractivity contribution in [1.29, 1.82) is 0 Å². The van der Waals surface area contributed by atoms with Gasteiger partial charge in [-0.25, -0.2) is 0 Å². The SMILES string of the molecule is CCN1CCC(NC(=O)C2CCC(C(=O)O)C2)CC1. The number of piperidine rings is 1. The Morgan fingerprint density at radius 2 is 1.79 bits per heavy atom. The first-order chi connectivity index (χ1) is 9.10. The van der Waals surface area contributed by atoms with Crippen LogP contribution in [0.15, 0.2) is 0 Å². The number of likely N-dealkylation sites (tertiary alicyclic amines) is 1. The number of carboxylic acid groups (broad SMARTS) is 1. The summed E-state index contributed by atoms with van der Waals surface area (Å²) >= 11 is 0. The van der Waals surface area contributed by atoms with Crippen molar-refractivity contribution in [2.45, 2.75) is 45.1 Å². The normalized spacial score (nSPS) is 29.3. The highest BCUT2D eigenvalue weighted by Gasteiger charge is 2.34. The molecule has 1 heterocycles. The second-order valence-corrected chi connectivity index (χ2v) is 5.76. The number of carboxylic acids is 1. The van der Waals surface area contributed by atoms with Crippen molar-refractivity contribution in [3.63, 3.8) is 0 Å². The monoisotopic (exact) mass is 268 g/mol. The van der Waals surface area contributed by atoms with E-state index in [9.17, 15) is 9.59 Å². The van der Waals surface area contributed by atoms with Crippen LogP contribution in [0.1, 0.15) is 39.0 Å². The Kier molecular flexibility index (Phi) is 4.80. The van der Waals surface area contributed by atoms with Gasteiger partial charge in [0.05, 0.1) is 5.92 Å². The van der Waals surface area contributed by atoms with Gasteiger partial charge in [0.2, 0.25) is 5.91 Å². The van der Waals surface area contributed by atoms with E-state index in [-0.39, 0.29) is 23.8 Å². The highest BCUT2D eigenvalue weighted by atomic mass is 16.4. The smallest absolute Gasteiger partial charge is 0.306 e.